The van der Waals surface area contributed by atoms with Gasteiger partial charge in [0.1, 0.15) is 5.76 Å². The zero-order valence-corrected chi connectivity index (χ0v) is 14.4. The average Bonchev–Trinajstić information content (AvgIpc) is 3.16. The number of ether oxygens (including phenoxy) is 2. The molecule has 0 aliphatic carbocycles. The van der Waals surface area contributed by atoms with Gasteiger partial charge in [0.25, 0.3) is 5.91 Å². The summed E-state index contributed by atoms with van der Waals surface area (Å²) in [4.78, 5) is 17.0. The second kappa shape index (κ2) is 7.23. The summed E-state index contributed by atoms with van der Waals surface area (Å²) in [6, 6.07) is 8.88. The summed E-state index contributed by atoms with van der Waals surface area (Å²) in [5.74, 6) is 1.17. The number of hydrogen-bond donors (Lipinski definition) is 1. The molecule has 0 spiro atoms. The summed E-state index contributed by atoms with van der Waals surface area (Å²) in [7, 11) is 0. The second-order valence-electron chi connectivity index (χ2n) is 6.26. The van der Waals surface area contributed by atoms with Gasteiger partial charge in [-0.25, -0.2) is 0 Å². The summed E-state index contributed by atoms with van der Waals surface area (Å²) in [6.07, 6.45) is 3.16. The number of carbonyl (C=O) groups excluding carboxylic acids is 1. The van der Waals surface area contributed by atoms with Gasteiger partial charge >= 0.3 is 0 Å². The van der Waals surface area contributed by atoms with Gasteiger partial charge < -0.3 is 24.5 Å². The number of amides is 1. The fourth-order valence-electron chi connectivity index (χ4n) is 3.12. The lowest BCUT2D eigenvalue weighted by atomic mass is 10.2. The van der Waals surface area contributed by atoms with E-state index in [4.69, 9.17) is 19.6 Å². The Kier molecular flexibility index (Phi) is 4.64. The second-order valence-corrected chi connectivity index (χ2v) is 6.26. The van der Waals surface area contributed by atoms with E-state index < -0.39 is 0 Å². The summed E-state index contributed by atoms with van der Waals surface area (Å²) >= 11 is 0. The molecule has 1 aromatic heterocycles. The first-order valence-electron chi connectivity index (χ1n) is 8.65. The van der Waals surface area contributed by atoms with Gasteiger partial charge in [0.05, 0.1) is 25.2 Å². The zero-order valence-electron chi connectivity index (χ0n) is 14.4. The van der Waals surface area contributed by atoms with Gasteiger partial charge in [-0.05, 0) is 24.3 Å². The van der Waals surface area contributed by atoms with E-state index in [1.54, 1.807) is 41.5 Å². The Bertz CT molecular complexity index is 810. The lowest BCUT2D eigenvalue weighted by Crippen LogP contribution is -2.45. The van der Waals surface area contributed by atoms with E-state index >= 15 is 0 Å². The van der Waals surface area contributed by atoms with Gasteiger partial charge in [-0.3, -0.25) is 9.69 Å². The molecule has 1 fully saturated rings. The molecule has 0 bridgehead atoms. The number of morpholine rings is 1. The largest absolute Gasteiger partial charge is 0.465 e. The van der Waals surface area contributed by atoms with Crippen LogP contribution in [0.25, 0.3) is 6.08 Å². The van der Waals surface area contributed by atoms with Crippen LogP contribution in [0.5, 0.6) is 5.75 Å². The predicted octanol–water partition coefficient (Wildman–Crippen LogP) is 1.96. The molecule has 2 aromatic rings. The monoisotopic (exact) mass is 355 g/mol. The number of fused-ring (bicyclic) bond motifs is 1. The van der Waals surface area contributed by atoms with Gasteiger partial charge in [0.15, 0.2) is 11.5 Å². The number of anilines is 2. The molecule has 1 saturated heterocycles. The molecule has 3 heterocycles. The quantitative estimate of drug-likeness (QED) is 0.667. The van der Waals surface area contributed by atoms with Crippen LogP contribution in [0.4, 0.5) is 11.4 Å². The molecule has 0 radical (unpaired) electrons. The first-order chi connectivity index (χ1) is 12.7. The number of nitrogens with two attached hydrogens (primary N) is 1. The minimum absolute atomic E-state index is 0.188. The van der Waals surface area contributed by atoms with Crippen LogP contribution in [0.2, 0.25) is 0 Å². The van der Waals surface area contributed by atoms with E-state index in [-0.39, 0.29) is 11.7 Å². The van der Waals surface area contributed by atoms with Crippen molar-refractivity contribution in [2.45, 2.75) is 0 Å². The van der Waals surface area contributed by atoms with Gasteiger partial charge in [0.2, 0.25) is 0 Å². The van der Waals surface area contributed by atoms with Crippen LogP contribution in [0.3, 0.4) is 0 Å². The maximum absolute atomic E-state index is 13.0. The number of furan rings is 1. The molecule has 0 saturated carbocycles. The van der Waals surface area contributed by atoms with Gasteiger partial charge in [-0.1, -0.05) is 0 Å². The average molecular weight is 355 g/mol. The molecule has 136 valence electrons. The molecule has 0 unspecified atom stereocenters. The molecule has 7 heteroatoms. The molecule has 4 rings (SSSR count). The van der Waals surface area contributed by atoms with Crippen molar-refractivity contribution in [1.82, 2.24) is 4.90 Å². The number of nitrogens with zero attached hydrogens (tertiary/aromatic N) is 2. The van der Waals surface area contributed by atoms with Crippen molar-refractivity contribution in [3.05, 3.63) is 48.1 Å². The maximum atomic E-state index is 13.0. The summed E-state index contributed by atoms with van der Waals surface area (Å²) in [6.45, 7) is 4.55. The van der Waals surface area contributed by atoms with E-state index in [0.717, 1.165) is 38.5 Å². The Labute approximate surface area is 151 Å². The number of carbonyl (C=O) groups is 1. The highest BCUT2D eigenvalue weighted by Crippen LogP contribution is 2.37. The number of nitrogen functional groups attached to an aromatic ring is 1. The van der Waals surface area contributed by atoms with Gasteiger partial charge in [0, 0.05) is 44.0 Å². The number of hydrogen-bond acceptors (Lipinski definition) is 6. The Morgan fingerprint density at radius 2 is 2.00 bits per heavy atom. The number of benzene rings is 1. The normalized spacial score (nSPS) is 19.5. The Balaban J connectivity index is 1.60. The van der Waals surface area contributed by atoms with E-state index in [9.17, 15) is 4.79 Å². The molecule has 1 amide bonds. The third-order valence-corrected chi connectivity index (χ3v) is 4.51. The minimum Gasteiger partial charge on any atom is -0.465 e. The van der Waals surface area contributed by atoms with Crippen molar-refractivity contribution in [2.75, 3.05) is 50.0 Å². The van der Waals surface area contributed by atoms with Crippen LogP contribution in [-0.4, -0.2) is 50.2 Å². The summed E-state index contributed by atoms with van der Waals surface area (Å²) in [5, 5.41) is 0. The molecule has 7 nitrogen and oxygen atoms in total. The van der Waals surface area contributed by atoms with Crippen LogP contribution in [-0.2, 0) is 9.53 Å². The molecule has 2 aliphatic rings. The molecular weight excluding hydrogens is 334 g/mol. The first kappa shape index (κ1) is 16.7. The minimum atomic E-state index is -0.188. The standard InChI is InChI=1S/C19H21N3O4/c20-14-3-4-16-17(12-14)26-18(13-15-2-1-9-25-15)19(23)22(16)6-5-21-7-10-24-11-8-21/h1-4,9,12-13H,5-8,10-11,20H2/b18-13+. The highest BCUT2D eigenvalue weighted by molar-refractivity contribution is 6.09. The van der Waals surface area contributed by atoms with E-state index in [1.165, 1.54) is 0 Å². The van der Waals surface area contributed by atoms with Crippen molar-refractivity contribution in [3.63, 3.8) is 0 Å². The van der Waals surface area contributed by atoms with Crippen LogP contribution in [0.1, 0.15) is 5.76 Å². The fraction of sp³-hybridized carbons (Fsp3) is 0.316. The van der Waals surface area contributed by atoms with Crippen molar-refractivity contribution in [2.24, 2.45) is 0 Å². The molecule has 0 atom stereocenters. The van der Waals surface area contributed by atoms with Crippen LogP contribution >= 0.6 is 0 Å². The van der Waals surface area contributed by atoms with Crippen LogP contribution in [0.15, 0.2) is 46.8 Å². The Morgan fingerprint density at radius 1 is 1.15 bits per heavy atom. The summed E-state index contributed by atoms with van der Waals surface area (Å²) in [5.41, 5.74) is 7.21. The summed E-state index contributed by atoms with van der Waals surface area (Å²) < 4.78 is 16.5. The Morgan fingerprint density at radius 3 is 2.77 bits per heavy atom. The molecule has 2 aliphatic heterocycles. The maximum Gasteiger partial charge on any atom is 0.294 e. The molecule has 2 N–H and O–H groups in total. The van der Waals surface area contributed by atoms with Gasteiger partial charge in [-0.15, -0.1) is 0 Å². The van der Waals surface area contributed by atoms with Crippen LogP contribution < -0.4 is 15.4 Å². The smallest absolute Gasteiger partial charge is 0.294 e. The first-order valence-corrected chi connectivity index (χ1v) is 8.65. The third kappa shape index (κ3) is 3.44. The van der Waals surface area contributed by atoms with Crippen molar-refractivity contribution in [1.29, 1.82) is 0 Å². The van der Waals surface area contributed by atoms with Gasteiger partial charge in [-0.2, -0.15) is 0 Å². The van der Waals surface area contributed by atoms with E-state index in [2.05, 4.69) is 4.90 Å². The highest BCUT2D eigenvalue weighted by Gasteiger charge is 2.31. The number of rotatable bonds is 4. The molecule has 1 aromatic carbocycles. The fourth-order valence-corrected chi connectivity index (χ4v) is 3.12. The zero-order chi connectivity index (χ0) is 17.9. The molecule has 26 heavy (non-hydrogen) atoms. The third-order valence-electron chi connectivity index (χ3n) is 4.51. The van der Waals surface area contributed by atoms with Crippen molar-refractivity contribution in [3.8, 4) is 5.75 Å². The van der Waals surface area contributed by atoms with Crippen molar-refractivity contribution >= 4 is 23.4 Å². The van der Waals surface area contributed by atoms with E-state index in [0.29, 0.717) is 23.7 Å². The lowest BCUT2D eigenvalue weighted by molar-refractivity contribution is -0.117. The topological polar surface area (TPSA) is 81.2 Å². The van der Waals surface area contributed by atoms with E-state index in [1.807, 2.05) is 6.07 Å². The SMILES string of the molecule is Nc1ccc2c(c1)O/C(=C/c1ccco1)C(=O)N2CCN1CCOCC1. The Hall–Kier alpha value is -2.77. The van der Waals surface area contributed by atoms with Crippen molar-refractivity contribution < 1.29 is 18.7 Å². The molecular formula is C19H21N3O4. The van der Waals surface area contributed by atoms with Crippen LogP contribution in [0, 0.1) is 0 Å². The lowest BCUT2D eigenvalue weighted by Gasteiger charge is -2.33. The highest BCUT2D eigenvalue weighted by atomic mass is 16.5. The predicted molar refractivity (Wildman–Crippen MR) is 97.8 cm³/mol.